The Morgan fingerprint density at radius 1 is 0.829 bits per heavy atom. The van der Waals surface area contributed by atoms with Gasteiger partial charge in [-0.3, -0.25) is 0 Å². The number of aromatic nitrogens is 3. The van der Waals surface area contributed by atoms with E-state index in [9.17, 15) is 0 Å². The van der Waals surface area contributed by atoms with Gasteiger partial charge >= 0.3 is 0 Å². The van der Waals surface area contributed by atoms with E-state index in [0.29, 0.717) is 6.42 Å². The molecule has 0 amide bonds. The molecule has 4 aliphatic rings. The molecule has 8 bridgehead atoms. The van der Waals surface area contributed by atoms with Crippen molar-refractivity contribution >= 4 is 34.5 Å². The van der Waals surface area contributed by atoms with E-state index in [2.05, 4.69) is 36.3 Å². The number of nitrogens with one attached hydrogen (secondary N) is 2. The molecule has 2 aromatic heterocycles. The van der Waals surface area contributed by atoms with Gasteiger partial charge in [0.15, 0.2) is 0 Å². The van der Waals surface area contributed by atoms with Gasteiger partial charge < -0.3 is 16.0 Å². The first-order chi connectivity index (χ1) is 17.1. The van der Waals surface area contributed by atoms with Gasteiger partial charge in [-0.05, 0) is 66.8 Å². The first-order valence-corrected chi connectivity index (χ1v) is 11.4. The highest BCUT2D eigenvalue weighted by Gasteiger charge is 2.27. The number of allylic oxidation sites excluding steroid dienone is 5. The van der Waals surface area contributed by atoms with Crippen molar-refractivity contribution in [3.05, 3.63) is 119 Å². The van der Waals surface area contributed by atoms with Crippen LogP contribution in [0, 0.1) is 0 Å². The van der Waals surface area contributed by atoms with E-state index in [-0.39, 0.29) is 0 Å². The lowest BCUT2D eigenvalue weighted by molar-refractivity contribution is 0.499. The fourth-order valence-electron chi connectivity index (χ4n) is 4.21. The van der Waals surface area contributed by atoms with Crippen LogP contribution in [-0.4, -0.2) is 32.0 Å². The Kier molecular flexibility index (Phi) is 5.16. The molecule has 4 aliphatic heterocycles. The third-order valence-corrected chi connectivity index (χ3v) is 5.86. The molecule has 1 unspecified atom stereocenters. The largest absolute Gasteiger partial charge is 0.364 e. The summed E-state index contributed by atoms with van der Waals surface area (Å²) in [7, 11) is 0. The lowest BCUT2D eigenvalue weighted by atomic mass is 10.1. The Morgan fingerprint density at radius 3 is 2.37 bits per heavy atom. The summed E-state index contributed by atoms with van der Waals surface area (Å²) < 4.78 is 0. The normalized spacial score (nSPS) is 21.5. The van der Waals surface area contributed by atoms with Crippen LogP contribution in [0.2, 0.25) is 0 Å². The molecule has 0 radical (unpaired) electrons. The molecular weight excluding hydrogens is 434 g/mol. The second kappa shape index (κ2) is 8.62. The third-order valence-electron chi connectivity index (χ3n) is 5.86. The Balaban J connectivity index is 0.000000191. The predicted octanol–water partition coefficient (Wildman–Crippen LogP) is 2.54. The molecule has 0 saturated carbocycles. The molecule has 35 heavy (non-hydrogen) atoms. The van der Waals surface area contributed by atoms with Crippen molar-refractivity contribution in [2.75, 3.05) is 0 Å². The molecule has 170 valence electrons. The van der Waals surface area contributed by atoms with Crippen LogP contribution in [0.4, 0.5) is 0 Å². The number of nitrogens with zero attached hydrogens (tertiary/aromatic N) is 4. The zero-order chi connectivity index (χ0) is 23.7. The lowest BCUT2D eigenvalue weighted by Crippen LogP contribution is -2.47. The van der Waals surface area contributed by atoms with Crippen LogP contribution in [0.3, 0.4) is 0 Å². The van der Waals surface area contributed by atoms with Gasteiger partial charge in [0.1, 0.15) is 12.0 Å². The standard InChI is InChI=1S/C20H17N5.C8H6N2/c21-20-8-7-18(25-20)11-17-4-3-14(23-17)9-13-1-2-15(22-13)10-16-5-6-19(12-20)24-16;1-2-4-8-7(3-1)5-9-6-10-8/h1-7,9-12,22,25H,8,21H2;1-6H. The Labute approximate surface area is 201 Å². The van der Waals surface area contributed by atoms with E-state index in [1.54, 1.807) is 6.33 Å². The van der Waals surface area contributed by atoms with E-state index in [4.69, 9.17) is 5.73 Å². The molecule has 0 spiro atoms. The zero-order valence-electron chi connectivity index (χ0n) is 18.9. The summed E-state index contributed by atoms with van der Waals surface area (Å²) in [6, 6.07) is 12.0. The van der Waals surface area contributed by atoms with Gasteiger partial charge in [0.05, 0.1) is 28.3 Å². The van der Waals surface area contributed by atoms with Gasteiger partial charge in [0.2, 0.25) is 0 Å². The molecule has 7 rings (SSSR count). The number of nitrogens with two attached hydrogens (primary N) is 1. The molecule has 1 atom stereocenters. The first kappa shape index (κ1) is 20.9. The molecule has 6 heterocycles. The van der Waals surface area contributed by atoms with Crippen molar-refractivity contribution in [3.8, 4) is 0 Å². The van der Waals surface area contributed by atoms with Gasteiger partial charge in [0.25, 0.3) is 0 Å². The van der Waals surface area contributed by atoms with E-state index in [0.717, 1.165) is 50.1 Å². The minimum absolute atomic E-state index is 0.622. The van der Waals surface area contributed by atoms with E-state index < -0.39 is 5.66 Å². The molecule has 4 N–H and O–H groups in total. The quantitative estimate of drug-likeness (QED) is 0.483. The molecule has 1 aromatic carbocycles. The molecule has 0 fully saturated rings. The van der Waals surface area contributed by atoms with Crippen LogP contribution < -0.4 is 21.7 Å². The number of fused-ring (bicyclic) bond motifs is 7. The highest BCUT2D eigenvalue weighted by Crippen LogP contribution is 2.24. The van der Waals surface area contributed by atoms with E-state index in [1.165, 1.54) is 0 Å². The Hall–Kier alpha value is -4.62. The Bertz CT molecular complexity index is 1590. The highest BCUT2D eigenvalue weighted by atomic mass is 15.1. The number of benzene rings is 1. The van der Waals surface area contributed by atoms with Gasteiger partial charge in [0, 0.05) is 34.4 Å². The van der Waals surface area contributed by atoms with E-state index in [1.807, 2.05) is 91.2 Å². The minimum Gasteiger partial charge on any atom is -0.364 e. The predicted molar refractivity (Wildman–Crippen MR) is 141 cm³/mol. The maximum atomic E-state index is 6.47. The van der Waals surface area contributed by atoms with Gasteiger partial charge in [-0.1, -0.05) is 24.3 Å². The van der Waals surface area contributed by atoms with E-state index >= 15 is 0 Å². The fourth-order valence-corrected chi connectivity index (χ4v) is 4.21. The monoisotopic (exact) mass is 457 g/mol. The lowest BCUT2D eigenvalue weighted by Gasteiger charge is -2.22. The molecular formula is C28H23N7. The maximum Gasteiger partial charge on any atom is 0.116 e. The molecule has 7 heteroatoms. The number of H-pyrrole nitrogens is 1. The number of aromatic amines is 1. The molecule has 3 aromatic rings. The smallest absolute Gasteiger partial charge is 0.116 e. The van der Waals surface area contributed by atoms with Crippen LogP contribution in [0.5, 0.6) is 0 Å². The van der Waals surface area contributed by atoms with Gasteiger partial charge in [-0.15, -0.1) is 0 Å². The highest BCUT2D eigenvalue weighted by molar-refractivity contribution is 6.20. The second-order valence-corrected chi connectivity index (χ2v) is 8.65. The SMILES string of the molecule is NC12C=C3C=CC(=N3)C=c3ccc([nH]3)=CC3=NC(=CC(=CC1)N2)C=C3.c1ccc2ncncc2c1. The minimum atomic E-state index is -0.622. The zero-order valence-corrected chi connectivity index (χ0v) is 18.9. The summed E-state index contributed by atoms with van der Waals surface area (Å²) in [5.41, 5.74) is 11.4. The van der Waals surface area contributed by atoms with Crippen molar-refractivity contribution in [1.82, 2.24) is 20.3 Å². The number of para-hydroxylation sites is 1. The third kappa shape index (κ3) is 4.71. The van der Waals surface area contributed by atoms with Gasteiger partial charge in [-0.25, -0.2) is 20.0 Å². The summed E-state index contributed by atoms with van der Waals surface area (Å²) >= 11 is 0. The summed E-state index contributed by atoms with van der Waals surface area (Å²) in [6.45, 7) is 0. The maximum absolute atomic E-state index is 6.47. The first-order valence-electron chi connectivity index (χ1n) is 11.4. The van der Waals surface area contributed by atoms with Crippen molar-refractivity contribution in [3.63, 3.8) is 0 Å². The number of rotatable bonds is 0. The van der Waals surface area contributed by atoms with Crippen LogP contribution in [0.25, 0.3) is 23.1 Å². The summed E-state index contributed by atoms with van der Waals surface area (Å²) in [4.78, 5) is 20.6. The number of aliphatic imine (C=N–C) groups is 2. The van der Waals surface area contributed by atoms with Crippen molar-refractivity contribution < 1.29 is 0 Å². The average molecular weight is 458 g/mol. The summed E-state index contributed by atoms with van der Waals surface area (Å²) in [6.07, 6.45) is 22.2. The topological polar surface area (TPSA) is 104 Å². The van der Waals surface area contributed by atoms with Crippen molar-refractivity contribution in [2.45, 2.75) is 12.1 Å². The van der Waals surface area contributed by atoms with Crippen LogP contribution in [-0.2, 0) is 0 Å². The summed E-state index contributed by atoms with van der Waals surface area (Å²) in [5.74, 6) is 0. The van der Waals surface area contributed by atoms with Crippen molar-refractivity contribution in [1.29, 1.82) is 0 Å². The van der Waals surface area contributed by atoms with Crippen molar-refractivity contribution in [2.24, 2.45) is 15.7 Å². The van der Waals surface area contributed by atoms with Crippen LogP contribution in [0.1, 0.15) is 6.42 Å². The number of hydrogen-bond donors (Lipinski definition) is 3. The fraction of sp³-hybridized carbons (Fsp3) is 0.0714. The van der Waals surface area contributed by atoms with Crippen LogP contribution >= 0.6 is 0 Å². The second-order valence-electron chi connectivity index (χ2n) is 8.65. The van der Waals surface area contributed by atoms with Crippen LogP contribution in [0.15, 0.2) is 119 Å². The molecule has 7 nitrogen and oxygen atoms in total. The molecule has 0 saturated heterocycles. The number of hydrogen-bond acceptors (Lipinski definition) is 6. The Morgan fingerprint density at radius 2 is 1.57 bits per heavy atom. The van der Waals surface area contributed by atoms with Gasteiger partial charge in [-0.2, -0.15) is 0 Å². The average Bonchev–Trinajstić information content (AvgIpc) is 3.65. The summed E-state index contributed by atoms with van der Waals surface area (Å²) in [5, 5.41) is 6.48. The molecule has 0 aliphatic carbocycles.